The standard InChI is InChI=1S/C8H16N2.H2/c1-6(2)10-7-3-8(10)5-9-4-7;/h6-9H,3-5H2,1-2H3;1H. The van der Waals surface area contributed by atoms with E-state index in [9.17, 15) is 0 Å². The summed E-state index contributed by atoms with van der Waals surface area (Å²) in [4.78, 5) is 2.64. The Morgan fingerprint density at radius 2 is 2.00 bits per heavy atom. The molecule has 3 heterocycles. The van der Waals surface area contributed by atoms with Crippen LogP contribution in [0.3, 0.4) is 0 Å². The Hall–Kier alpha value is -0.0800. The molecule has 3 saturated heterocycles. The van der Waals surface area contributed by atoms with Crippen molar-refractivity contribution in [3.63, 3.8) is 0 Å². The average Bonchev–Trinajstić information content (AvgIpc) is 1.87. The molecule has 3 aliphatic rings. The summed E-state index contributed by atoms with van der Waals surface area (Å²) >= 11 is 0. The van der Waals surface area contributed by atoms with Gasteiger partial charge in [-0.15, -0.1) is 0 Å². The minimum atomic E-state index is 0. The van der Waals surface area contributed by atoms with Crippen molar-refractivity contribution in [2.75, 3.05) is 13.1 Å². The molecule has 0 amide bonds. The number of piperidine rings is 1. The van der Waals surface area contributed by atoms with Crippen molar-refractivity contribution in [2.45, 2.75) is 38.4 Å². The molecule has 0 spiro atoms. The van der Waals surface area contributed by atoms with Gasteiger partial charge in [0.05, 0.1) is 0 Å². The summed E-state index contributed by atoms with van der Waals surface area (Å²) in [5, 5.41) is 3.43. The van der Waals surface area contributed by atoms with Crippen LogP contribution in [-0.4, -0.2) is 36.1 Å². The minimum absolute atomic E-state index is 0. The highest BCUT2D eigenvalue weighted by molar-refractivity contribution is 5.00. The van der Waals surface area contributed by atoms with E-state index < -0.39 is 0 Å². The molecule has 0 aliphatic carbocycles. The van der Waals surface area contributed by atoms with Gasteiger partial charge in [-0.05, 0) is 20.3 Å². The lowest BCUT2D eigenvalue weighted by Gasteiger charge is -2.55. The van der Waals surface area contributed by atoms with Gasteiger partial charge >= 0.3 is 0 Å². The van der Waals surface area contributed by atoms with Crippen molar-refractivity contribution < 1.29 is 1.43 Å². The molecule has 2 unspecified atom stereocenters. The first kappa shape index (κ1) is 6.62. The van der Waals surface area contributed by atoms with Crippen molar-refractivity contribution >= 4 is 0 Å². The lowest BCUT2D eigenvalue weighted by atomic mass is 9.87. The lowest BCUT2D eigenvalue weighted by molar-refractivity contribution is -0.0383. The number of nitrogens with zero attached hydrogens (tertiary/aromatic N) is 1. The van der Waals surface area contributed by atoms with Crippen LogP contribution in [0, 0.1) is 0 Å². The summed E-state index contributed by atoms with van der Waals surface area (Å²) in [5.41, 5.74) is 0. The van der Waals surface area contributed by atoms with Gasteiger partial charge in [0.25, 0.3) is 0 Å². The number of fused-ring (bicyclic) bond motifs is 2. The number of piperazine rings is 1. The van der Waals surface area contributed by atoms with Crippen molar-refractivity contribution in [1.29, 1.82) is 0 Å². The Morgan fingerprint density at radius 3 is 2.30 bits per heavy atom. The van der Waals surface area contributed by atoms with Crippen molar-refractivity contribution in [3.8, 4) is 0 Å². The van der Waals surface area contributed by atoms with Gasteiger partial charge in [0.1, 0.15) is 0 Å². The van der Waals surface area contributed by atoms with E-state index in [1.165, 1.54) is 19.5 Å². The Morgan fingerprint density at radius 1 is 1.40 bits per heavy atom. The molecule has 60 valence electrons. The van der Waals surface area contributed by atoms with E-state index in [0.717, 1.165) is 18.1 Å². The van der Waals surface area contributed by atoms with E-state index >= 15 is 0 Å². The van der Waals surface area contributed by atoms with Gasteiger partial charge in [-0.25, -0.2) is 0 Å². The van der Waals surface area contributed by atoms with Crippen LogP contribution in [0.25, 0.3) is 0 Å². The largest absolute Gasteiger partial charge is 0.314 e. The molecular weight excluding hydrogens is 124 g/mol. The lowest BCUT2D eigenvalue weighted by Crippen LogP contribution is -2.69. The van der Waals surface area contributed by atoms with Gasteiger partial charge in [-0.2, -0.15) is 0 Å². The van der Waals surface area contributed by atoms with Gasteiger partial charge in [0.15, 0.2) is 0 Å². The minimum Gasteiger partial charge on any atom is -0.314 e. The predicted octanol–water partition coefficient (Wildman–Crippen LogP) is 0.687. The van der Waals surface area contributed by atoms with Crippen molar-refractivity contribution in [1.82, 2.24) is 10.2 Å². The summed E-state index contributed by atoms with van der Waals surface area (Å²) in [7, 11) is 0. The van der Waals surface area contributed by atoms with Gasteiger partial charge in [0.2, 0.25) is 0 Å². The van der Waals surface area contributed by atoms with E-state index in [-0.39, 0.29) is 1.43 Å². The normalized spacial score (nSPS) is 39.9. The van der Waals surface area contributed by atoms with Crippen LogP contribution in [0.2, 0.25) is 0 Å². The predicted molar refractivity (Wildman–Crippen MR) is 44.2 cm³/mol. The quantitative estimate of drug-likeness (QED) is 0.579. The highest BCUT2D eigenvalue weighted by atomic mass is 15.3. The second-order valence-electron chi connectivity index (χ2n) is 3.74. The van der Waals surface area contributed by atoms with E-state index in [1.807, 2.05) is 0 Å². The summed E-state index contributed by atoms with van der Waals surface area (Å²) in [6, 6.07) is 2.48. The molecule has 1 N–H and O–H groups in total. The summed E-state index contributed by atoms with van der Waals surface area (Å²) in [6.07, 6.45) is 1.44. The van der Waals surface area contributed by atoms with Crippen LogP contribution in [0.15, 0.2) is 0 Å². The second-order valence-corrected chi connectivity index (χ2v) is 3.74. The maximum atomic E-state index is 3.43. The third kappa shape index (κ3) is 0.789. The third-order valence-corrected chi connectivity index (χ3v) is 2.74. The van der Waals surface area contributed by atoms with Gasteiger partial charge < -0.3 is 5.32 Å². The van der Waals surface area contributed by atoms with Crippen LogP contribution in [0.1, 0.15) is 21.7 Å². The Bertz CT molecular complexity index is 124. The molecule has 3 rings (SSSR count). The molecule has 2 nitrogen and oxygen atoms in total. The number of rotatable bonds is 1. The Balaban J connectivity index is 0.000000605. The maximum Gasteiger partial charge on any atom is 0.0242 e. The first-order valence-electron chi connectivity index (χ1n) is 4.27. The van der Waals surface area contributed by atoms with Crippen LogP contribution in [0.4, 0.5) is 0 Å². The first-order valence-corrected chi connectivity index (χ1v) is 4.27. The Labute approximate surface area is 64.1 Å². The molecule has 0 radical (unpaired) electrons. The van der Waals surface area contributed by atoms with Crippen LogP contribution in [0.5, 0.6) is 0 Å². The fourth-order valence-electron chi connectivity index (χ4n) is 2.35. The highest BCUT2D eigenvalue weighted by Crippen LogP contribution is 2.30. The smallest absolute Gasteiger partial charge is 0.0242 e. The van der Waals surface area contributed by atoms with E-state index in [1.54, 1.807) is 0 Å². The molecule has 0 saturated carbocycles. The fourth-order valence-corrected chi connectivity index (χ4v) is 2.35. The van der Waals surface area contributed by atoms with Gasteiger partial charge in [0, 0.05) is 32.6 Å². The van der Waals surface area contributed by atoms with Crippen LogP contribution < -0.4 is 5.32 Å². The van der Waals surface area contributed by atoms with Crippen molar-refractivity contribution in [2.24, 2.45) is 0 Å². The summed E-state index contributed by atoms with van der Waals surface area (Å²) < 4.78 is 0. The first-order chi connectivity index (χ1) is 4.79. The Kier molecular flexibility index (Phi) is 1.46. The molecule has 0 aromatic heterocycles. The maximum absolute atomic E-state index is 3.43. The molecule has 0 aromatic rings. The monoisotopic (exact) mass is 142 g/mol. The zero-order valence-corrected chi connectivity index (χ0v) is 6.80. The molecule has 10 heavy (non-hydrogen) atoms. The second kappa shape index (κ2) is 2.21. The molecule has 2 bridgehead atoms. The van der Waals surface area contributed by atoms with Gasteiger partial charge in [-0.3, -0.25) is 4.90 Å². The summed E-state index contributed by atoms with van der Waals surface area (Å²) in [5.74, 6) is 0. The molecular formula is C8H18N2. The summed E-state index contributed by atoms with van der Waals surface area (Å²) in [6.45, 7) is 7.03. The highest BCUT2D eigenvalue weighted by Gasteiger charge is 2.42. The van der Waals surface area contributed by atoms with E-state index in [4.69, 9.17) is 0 Å². The molecule has 2 atom stereocenters. The molecule has 0 aromatic carbocycles. The number of hydrogen-bond donors (Lipinski definition) is 1. The van der Waals surface area contributed by atoms with E-state index in [2.05, 4.69) is 24.1 Å². The van der Waals surface area contributed by atoms with Crippen LogP contribution >= 0.6 is 0 Å². The third-order valence-electron chi connectivity index (χ3n) is 2.74. The number of hydrogen-bond acceptors (Lipinski definition) is 2. The molecule has 2 heteroatoms. The molecule has 3 aliphatic heterocycles. The zero-order chi connectivity index (χ0) is 7.14. The van der Waals surface area contributed by atoms with E-state index in [0.29, 0.717) is 0 Å². The molecule has 3 fully saturated rings. The van der Waals surface area contributed by atoms with Crippen molar-refractivity contribution in [3.05, 3.63) is 0 Å². The van der Waals surface area contributed by atoms with Crippen LogP contribution in [-0.2, 0) is 0 Å². The number of nitrogens with one attached hydrogen (secondary N) is 1. The van der Waals surface area contributed by atoms with Gasteiger partial charge in [-0.1, -0.05) is 0 Å². The average molecular weight is 142 g/mol. The SMILES string of the molecule is CC(C)N1C2CNCC1C2.[HH]. The topological polar surface area (TPSA) is 15.3 Å². The zero-order valence-electron chi connectivity index (χ0n) is 6.80. The fraction of sp³-hybridized carbons (Fsp3) is 1.00.